The second kappa shape index (κ2) is 6.91. The molecule has 0 radical (unpaired) electrons. The van der Waals surface area contributed by atoms with Crippen molar-refractivity contribution in [2.75, 3.05) is 19.5 Å². The second-order valence-electron chi connectivity index (χ2n) is 5.00. The molecule has 0 atom stereocenters. The molecule has 0 saturated carbocycles. The molecule has 6 heteroatoms. The lowest BCUT2D eigenvalue weighted by Crippen LogP contribution is -2.13. The fourth-order valence-corrected chi connectivity index (χ4v) is 2.22. The fraction of sp³-hybridized carbons (Fsp3) is 0.235. The number of aromatic carboxylic acids is 1. The van der Waals surface area contributed by atoms with E-state index in [1.54, 1.807) is 34.1 Å². The molecule has 0 unspecified atom stereocenters. The van der Waals surface area contributed by atoms with Gasteiger partial charge in [0.1, 0.15) is 11.6 Å². The molecular formula is C17H19N3O3. The number of nitrogens with zero attached hydrogens (tertiary/aromatic N) is 2. The van der Waals surface area contributed by atoms with E-state index in [1.165, 1.54) is 0 Å². The maximum Gasteiger partial charge on any atom is 0.336 e. The lowest BCUT2D eigenvalue weighted by atomic mass is 10.0. The van der Waals surface area contributed by atoms with Gasteiger partial charge in [0.2, 0.25) is 0 Å². The number of hydrogen-bond acceptors (Lipinski definition) is 5. The lowest BCUT2D eigenvalue weighted by molar-refractivity contribution is 0.0696. The molecular weight excluding hydrogens is 294 g/mol. The Morgan fingerprint density at radius 3 is 2.48 bits per heavy atom. The van der Waals surface area contributed by atoms with Gasteiger partial charge < -0.3 is 15.2 Å². The zero-order valence-corrected chi connectivity index (χ0v) is 13.5. The summed E-state index contributed by atoms with van der Waals surface area (Å²) in [5.41, 5.74) is 2.67. The van der Waals surface area contributed by atoms with E-state index >= 15 is 0 Å². The molecule has 1 aromatic carbocycles. The summed E-state index contributed by atoms with van der Waals surface area (Å²) in [4.78, 5) is 20.1. The molecule has 0 aliphatic rings. The molecule has 6 nitrogen and oxygen atoms in total. The van der Waals surface area contributed by atoms with Crippen LogP contribution in [0.4, 0.5) is 11.5 Å². The van der Waals surface area contributed by atoms with Gasteiger partial charge in [0.05, 0.1) is 18.2 Å². The van der Waals surface area contributed by atoms with E-state index in [0.717, 1.165) is 11.4 Å². The van der Waals surface area contributed by atoms with Gasteiger partial charge in [-0.15, -0.1) is 0 Å². The summed E-state index contributed by atoms with van der Waals surface area (Å²) in [6.07, 6.45) is 0. The van der Waals surface area contributed by atoms with E-state index in [-0.39, 0.29) is 5.56 Å². The summed E-state index contributed by atoms with van der Waals surface area (Å²) < 4.78 is 5.13. The van der Waals surface area contributed by atoms with Crippen LogP contribution in [0.5, 0.6) is 5.75 Å². The Balaban J connectivity index is 2.53. The van der Waals surface area contributed by atoms with Gasteiger partial charge in [-0.05, 0) is 44.2 Å². The minimum Gasteiger partial charge on any atom is -0.497 e. The molecule has 0 aliphatic heterocycles. The highest BCUT2D eigenvalue weighted by atomic mass is 16.5. The van der Waals surface area contributed by atoms with Crippen LogP contribution < -0.4 is 10.1 Å². The van der Waals surface area contributed by atoms with Crippen molar-refractivity contribution in [1.29, 1.82) is 0 Å². The van der Waals surface area contributed by atoms with Crippen molar-refractivity contribution in [3.05, 3.63) is 47.2 Å². The van der Waals surface area contributed by atoms with Gasteiger partial charge in [-0.2, -0.15) is 0 Å². The van der Waals surface area contributed by atoms with Crippen LogP contribution in [0.3, 0.4) is 0 Å². The zero-order chi connectivity index (χ0) is 17.0. The fourth-order valence-electron chi connectivity index (χ4n) is 2.22. The standard InChI is InChI=1S/C17H19N3O3/c1-10-9-14(17(21)22)15(11(2)18-3)16(19-10)20-12-5-7-13(23-4)8-6-12/h5-9H,1-4H3,(H,19,20)(H,21,22). The normalized spacial score (nSPS) is 11.2. The van der Waals surface area contributed by atoms with Crippen LogP contribution in [-0.2, 0) is 0 Å². The smallest absolute Gasteiger partial charge is 0.336 e. The number of methoxy groups -OCH3 is 1. The lowest BCUT2D eigenvalue weighted by Gasteiger charge is -2.15. The number of carboxylic acid groups (broad SMARTS) is 1. The third kappa shape index (κ3) is 3.66. The van der Waals surface area contributed by atoms with Crippen molar-refractivity contribution in [2.24, 2.45) is 4.99 Å². The number of nitrogens with one attached hydrogen (secondary N) is 1. The van der Waals surface area contributed by atoms with E-state index < -0.39 is 5.97 Å². The number of aromatic nitrogens is 1. The first kappa shape index (κ1) is 16.5. The van der Waals surface area contributed by atoms with Gasteiger partial charge in [0.25, 0.3) is 0 Å². The molecule has 1 heterocycles. The van der Waals surface area contributed by atoms with Crippen LogP contribution in [-0.4, -0.2) is 35.9 Å². The molecule has 23 heavy (non-hydrogen) atoms. The molecule has 2 aromatic rings. The molecule has 0 amide bonds. The topological polar surface area (TPSA) is 83.8 Å². The highest BCUT2D eigenvalue weighted by Crippen LogP contribution is 2.25. The molecule has 120 valence electrons. The number of carboxylic acids is 1. The van der Waals surface area contributed by atoms with Crippen molar-refractivity contribution in [3.8, 4) is 5.75 Å². The third-order valence-electron chi connectivity index (χ3n) is 3.43. The van der Waals surface area contributed by atoms with Crippen molar-refractivity contribution in [2.45, 2.75) is 13.8 Å². The summed E-state index contributed by atoms with van der Waals surface area (Å²) in [7, 11) is 3.22. The Bertz CT molecular complexity index is 752. The predicted molar refractivity (Wildman–Crippen MR) is 90.3 cm³/mol. The number of hydrogen-bond donors (Lipinski definition) is 2. The Morgan fingerprint density at radius 1 is 1.30 bits per heavy atom. The van der Waals surface area contributed by atoms with Crippen LogP contribution in [0.15, 0.2) is 35.3 Å². The SMILES string of the molecule is CN=C(C)c1c(C(=O)O)cc(C)nc1Nc1ccc(OC)cc1. The number of aliphatic imine (C=N–C) groups is 1. The van der Waals surface area contributed by atoms with E-state index in [4.69, 9.17) is 4.74 Å². The Labute approximate surface area is 134 Å². The number of ether oxygens (including phenoxy) is 1. The van der Waals surface area contributed by atoms with Crippen molar-refractivity contribution in [3.63, 3.8) is 0 Å². The van der Waals surface area contributed by atoms with Crippen LogP contribution in [0, 0.1) is 6.92 Å². The third-order valence-corrected chi connectivity index (χ3v) is 3.43. The first-order chi connectivity index (χ1) is 11.0. The average Bonchev–Trinajstić information content (AvgIpc) is 2.54. The van der Waals surface area contributed by atoms with Crippen molar-refractivity contribution < 1.29 is 14.6 Å². The molecule has 0 fully saturated rings. The molecule has 0 spiro atoms. The van der Waals surface area contributed by atoms with E-state index in [1.807, 2.05) is 24.3 Å². The quantitative estimate of drug-likeness (QED) is 0.828. The first-order valence-corrected chi connectivity index (χ1v) is 7.06. The molecule has 0 aliphatic carbocycles. The van der Waals surface area contributed by atoms with Crippen LogP contribution in [0.25, 0.3) is 0 Å². The van der Waals surface area contributed by atoms with Crippen LogP contribution in [0.2, 0.25) is 0 Å². The number of benzene rings is 1. The average molecular weight is 313 g/mol. The highest BCUT2D eigenvalue weighted by Gasteiger charge is 2.19. The summed E-state index contributed by atoms with van der Waals surface area (Å²) in [6.45, 7) is 3.52. The largest absolute Gasteiger partial charge is 0.497 e. The summed E-state index contributed by atoms with van der Waals surface area (Å²) in [5.74, 6) is 0.201. The van der Waals surface area contributed by atoms with E-state index in [2.05, 4.69) is 15.3 Å². The van der Waals surface area contributed by atoms with E-state index in [9.17, 15) is 9.90 Å². The van der Waals surface area contributed by atoms with Gasteiger partial charge in [-0.3, -0.25) is 4.99 Å². The maximum atomic E-state index is 11.6. The molecule has 2 rings (SSSR count). The minimum atomic E-state index is -1.01. The first-order valence-electron chi connectivity index (χ1n) is 7.06. The zero-order valence-electron chi connectivity index (χ0n) is 13.5. The number of pyridine rings is 1. The van der Waals surface area contributed by atoms with Gasteiger partial charge >= 0.3 is 5.97 Å². The summed E-state index contributed by atoms with van der Waals surface area (Å²) in [5, 5.41) is 12.6. The molecule has 2 N–H and O–H groups in total. The number of anilines is 2. The van der Waals surface area contributed by atoms with Gasteiger partial charge in [0.15, 0.2) is 0 Å². The summed E-state index contributed by atoms with van der Waals surface area (Å²) in [6, 6.07) is 8.86. The highest BCUT2D eigenvalue weighted by molar-refractivity contribution is 6.11. The van der Waals surface area contributed by atoms with Crippen molar-refractivity contribution >= 4 is 23.2 Å². The van der Waals surface area contributed by atoms with Gasteiger partial charge in [-0.25, -0.2) is 9.78 Å². The van der Waals surface area contributed by atoms with Crippen LogP contribution >= 0.6 is 0 Å². The maximum absolute atomic E-state index is 11.6. The predicted octanol–water partition coefficient (Wildman–Crippen LogP) is 3.28. The number of aryl methyl sites for hydroxylation is 1. The Hall–Kier alpha value is -2.89. The molecule has 0 bridgehead atoms. The van der Waals surface area contributed by atoms with Gasteiger partial charge in [-0.1, -0.05) is 0 Å². The molecule has 1 aromatic heterocycles. The molecule has 0 saturated heterocycles. The minimum absolute atomic E-state index is 0.177. The number of rotatable bonds is 5. The number of carbonyl (C=O) groups is 1. The van der Waals surface area contributed by atoms with E-state index in [0.29, 0.717) is 22.8 Å². The summed E-state index contributed by atoms with van der Waals surface area (Å²) >= 11 is 0. The van der Waals surface area contributed by atoms with Crippen LogP contribution in [0.1, 0.15) is 28.5 Å². The Kier molecular flexibility index (Phi) is 4.95. The van der Waals surface area contributed by atoms with Crippen molar-refractivity contribution in [1.82, 2.24) is 4.98 Å². The Morgan fingerprint density at radius 2 is 1.96 bits per heavy atom. The second-order valence-corrected chi connectivity index (χ2v) is 5.00. The van der Waals surface area contributed by atoms with Gasteiger partial charge in [0, 0.05) is 24.1 Å². The monoisotopic (exact) mass is 313 g/mol.